The Morgan fingerprint density at radius 3 is 2.95 bits per heavy atom. The predicted molar refractivity (Wildman–Crippen MR) is 71.6 cm³/mol. The van der Waals surface area contributed by atoms with E-state index in [2.05, 4.69) is 10.3 Å². The van der Waals surface area contributed by atoms with Crippen molar-refractivity contribution in [2.24, 2.45) is 0 Å². The first-order valence-corrected chi connectivity index (χ1v) is 5.86. The van der Waals surface area contributed by atoms with Gasteiger partial charge in [-0.3, -0.25) is 9.59 Å². The number of pyridine rings is 1. The van der Waals surface area contributed by atoms with Gasteiger partial charge in [-0.1, -0.05) is 11.6 Å². The van der Waals surface area contributed by atoms with Crippen molar-refractivity contribution in [2.45, 2.75) is 19.4 Å². The molecule has 0 aliphatic rings. The van der Waals surface area contributed by atoms with Crippen LogP contribution in [-0.4, -0.2) is 17.4 Å². The molecular weight excluding hydrogens is 242 g/mol. The van der Waals surface area contributed by atoms with Crippen LogP contribution in [-0.2, 0) is 11.2 Å². The molecule has 0 radical (unpaired) electrons. The fraction of sp³-hybridized carbons (Fsp3) is 0.214. The first-order chi connectivity index (χ1) is 9.13. The van der Waals surface area contributed by atoms with E-state index in [1.165, 1.54) is 0 Å². The molecule has 1 amide bonds. The maximum Gasteiger partial charge on any atom is 0.251 e. The number of aryl methyl sites for hydroxylation is 1. The molecule has 1 aromatic carbocycles. The molecule has 0 saturated carbocycles. The van der Waals surface area contributed by atoms with Crippen molar-refractivity contribution >= 4 is 17.3 Å². The van der Waals surface area contributed by atoms with E-state index in [-0.39, 0.29) is 12.0 Å². The molecule has 0 bridgehead atoms. The SMILES string of the molecule is Cc1ccc2[nH]c(=O)c(CC(C#N)NC=O)cc2c1. The van der Waals surface area contributed by atoms with Gasteiger partial charge in [-0.15, -0.1) is 0 Å². The van der Waals surface area contributed by atoms with Crippen molar-refractivity contribution in [1.82, 2.24) is 10.3 Å². The molecule has 0 saturated heterocycles. The maximum atomic E-state index is 11.9. The van der Waals surface area contributed by atoms with Crippen LogP contribution < -0.4 is 10.9 Å². The average molecular weight is 255 g/mol. The van der Waals surface area contributed by atoms with Crippen LogP contribution in [0, 0.1) is 18.3 Å². The predicted octanol–water partition coefficient (Wildman–Crippen LogP) is 1.02. The van der Waals surface area contributed by atoms with Crippen molar-refractivity contribution in [2.75, 3.05) is 0 Å². The van der Waals surface area contributed by atoms with Gasteiger partial charge in [-0.05, 0) is 30.5 Å². The molecule has 0 aliphatic heterocycles. The molecule has 0 spiro atoms. The first kappa shape index (κ1) is 12.8. The molecule has 1 heterocycles. The Kier molecular flexibility index (Phi) is 3.62. The molecule has 5 heteroatoms. The molecule has 0 aliphatic carbocycles. The Hall–Kier alpha value is -2.61. The smallest absolute Gasteiger partial charge is 0.251 e. The number of hydrogen-bond donors (Lipinski definition) is 2. The monoisotopic (exact) mass is 255 g/mol. The number of H-pyrrole nitrogens is 1. The Balaban J connectivity index is 2.43. The Bertz CT molecular complexity index is 713. The molecule has 1 unspecified atom stereocenters. The van der Waals surface area contributed by atoms with Crippen molar-refractivity contribution in [3.05, 3.63) is 45.7 Å². The van der Waals surface area contributed by atoms with Gasteiger partial charge >= 0.3 is 0 Å². The molecule has 2 rings (SSSR count). The van der Waals surface area contributed by atoms with Gasteiger partial charge in [0.1, 0.15) is 6.04 Å². The van der Waals surface area contributed by atoms with Crippen LogP contribution in [0.3, 0.4) is 0 Å². The zero-order valence-electron chi connectivity index (χ0n) is 10.4. The molecule has 5 nitrogen and oxygen atoms in total. The van der Waals surface area contributed by atoms with Crippen molar-refractivity contribution < 1.29 is 4.79 Å². The number of aromatic amines is 1. The molecule has 0 fully saturated rings. The number of fused-ring (bicyclic) bond motifs is 1. The maximum absolute atomic E-state index is 11.9. The summed E-state index contributed by atoms with van der Waals surface area (Å²) in [7, 11) is 0. The average Bonchev–Trinajstić information content (AvgIpc) is 2.39. The van der Waals surface area contributed by atoms with Crippen LogP contribution >= 0.6 is 0 Å². The Morgan fingerprint density at radius 2 is 2.26 bits per heavy atom. The number of rotatable bonds is 4. The lowest BCUT2D eigenvalue weighted by atomic mass is 10.0. The standard InChI is InChI=1S/C14H13N3O2/c1-9-2-3-13-10(4-9)5-11(14(19)17-13)6-12(7-15)16-8-18/h2-5,8,12H,6H2,1H3,(H,16,18)(H,17,19). The largest absolute Gasteiger partial charge is 0.343 e. The normalized spacial score (nSPS) is 11.8. The summed E-state index contributed by atoms with van der Waals surface area (Å²) in [5, 5.41) is 12.2. The van der Waals surface area contributed by atoms with Gasteiger partial charge in [-0.2, -0.15) is 5.26 Å². The number of nitrogens with zero attached hydrogens (tertiary/aromatic N) is 1. The summed E-state index contributed by atoms with van der Waals surface area (Å²) in [4.78, 5) is 25.0. The van der Waals surface area contributed by atoms with Crippen LogP contribution in [0.15, 0.2) is 29.1 Å². The third-order valence-electron chi connectivity index (χ3n) is 2.93. The molecule has 1 atom stereocenters. The van der Waals surface area contributed by atoms with Crippen LogP contribution in [0.5, 0.6) is 0 Å². The Morgan fingerprint density at radius 1 is 1.47 bits per heavy atom. The van der Waals surface area contributed by atoms with E-state index < -0.39 is 6.04 Å². The summed E-state index contributed by atoms with van der Waals surface area (Å²) in [5.41, 5.74) is 2.10. The molecule has 2 aromatic rings. The minimum absolute atomic E-state index is 0.189. The highest BCUT2D eigenvalue weighted by Gasteiger charge is 2.10. The van der Waals surface area contributed by atoms with E-state index in [9.17, 15) is 9.59 Å². The lowest BCUT2D eigenvalue weighted by molar-refractivity contribution is -0.109. The number of hydrogen-bond acceptors (Lipinski definition) is 3. The van der Waals surface area contributed by atoms with Crippen LogP contribution in [0.4, 0.5) is 0 Å². The van der Waals surface area contributed by atoms with E-state index >= 15 is 0 Å². The van der Waals surface area contributed by atoms with Gasteiger partial charge in [0.05, 0.1) is 6.07 Å². The van der Waals surface area contributed by atoms with Gasteiger partial charge < -0.3 is 10.3 Å². The van der Waals surface area contributed by atoms with Crippen LogP contribution in [0.1, 0.15) is 11.1 Å². The van der Waals surface area contributed by atoms with E-state index in [0.717, 1.165) is 16.5 Å². The van der Waals surface area contributed by atoms with Gasteiger partial charge in [0, 0.05) is 17.5 Å². The summed E-state index contributed by atoms with van der Waals surface area (Å²) in [5.74, 6) is 0. The number of nitrogens with one attached hydrogen (secondary N) is 2. The quantitative estimate of drug-likeness (QED) is 0.800. The van der Waals surface area contributed by atoms with Crippen molar-refractivity contribution in [3.63, 3.8) is 0 Å². The van der Waals surface area contributed by atoms with Gasteiger partial charge in [0.2, 0.25) is 6.41 Å². The first-order valence-electron chi connectivity index (χ1n) is 5.86. The number of amides is 1. The fourth-order valence-electron chi connectivity index (χ4n) is 1.97. The van der Waals surface area contributed by atoms with E-state index in [0.29, 0.717) is 12.0 Å². The molecule has 2 N–H and O–H groups in total. The number of benzene rings is 1. The third kappa shape index (κ3) is 2.80. The van der Waals surface area contributed by atoms with Gasteiger partial charge in [-0.25, -0.2) is 0 Å². The molecule has 96 valence electrons. The highest BCUT2D eigenvalue weighted by molar-refractivity contribution is 5.79. The third-order valence-corrected chi connectivity index (χ3v) is 2.93. The van der Waals surface area contributed by atoms with Crippen molar-refractivity contribution in [1.29, 1.82) is 5.26 Å². The summed E-state index contributed by atoms with van der Waals surface area (Å²) >= 11 is 0. The zero-order chi connectivity index (χ0) is 13.8. The summed E-state index contributed by atoms with van der Waals surface area (Å²) in [6, 6.07) is 8.74. The van der Waals surface area contributed by atoms with Crippen LogP contribution in [0.2, 0.25) is 0 Å². The number of nitriles is 1. The second kappa shape index (κ2) is 5.36. The topological polar surface area (TPSA) is 85.8 Å². The van der Waals surface area contributed by atoms with Gasteiger partial charge in [0.15, 0.2) is 0 Å². The van der Waals surface area contributed by atoms with E-state index in [4.69, 9.17) is 5.26 Å². The highest BCUT2D eigenvalue weighted by Crippen LogP contribution is 2.13. The van der Waals surface area contributed by atoms with E-state index in [1.807, 2.05) is 31.2 Å². The minimum atomic E-state index is -0.694. The van der Waals surface area contributed by atoms with Gasteiger partial charge in [0.25, 0.3) is 5.56 Å². The van der Waals surface area contributed by atoms with Crippen LogP contribution in [0.25, 0.3) is 10.9 Å². The molecule has 1 aromatic heterocycles. The lowest BCUT2D eigenvalue weighted by Crippen LogP contribution is -2.30. The molecule has 19 heavy (non-hydrogen) atoms. The highest BCUT2D eigenvalue weighted by atomic mass is 16.1. The second-order valence-electron chi connectivity index (χ2n) is 4.38. The summed E-state index contributed by atoms with van der Waals surface area (Å²) in [6.45, 7) is 1.97. The minimum Gasteiger partial charge on any atom is -0.343 e. The number of carbonyl (C=O) groups excluding carboxylic acids is 1. The molecular formula is C14H13N3O2. The Labute approximate surface area is 109 Å². The number of carbonyl (C=O) groups is 1. The number of aromatic nitrogens is 1. The lowest BCUT2D eigenvalue weighted by Gasteiger charge is -2.08. The second-order valence-corrected chi connectivity index (χ2v) is 4.38. The zero-order valence-corrected chi connectivity index (χ0v) is 10.4. The van der Waals surface area contributed by atoms with E-state index in [1.54, 1.807) is 6.07 Å². The summed E-state index contributed by atoms with van der Waals surface area (Å²) < 4.78 is 0. The summed E-state index contributed by atoms with van der Waals surface area (Å²) in [6.07, 6.45) is 0.654. The van der Waals surface area contributed by atoms with Crippen molar-refractivity contribution in [3.8, 4) is 6.07 Å². The fourth-order valence-corrected chi connectivity index (χ4v) is 1.97.